The van der Waals surface area contributed by atoms with Crippen LogP contribution in [0.2, 0.25) is 0 Å². The molecule has 3 nitrogen and oxygen atoms in total. The van der Waals surface area contributed by atoms with Crippen molar-refractivity contribution >= 4 is 11.7 Å². The molecule has 0 atom stereocenters. The van der Waals surface area contributed by atoms with E-state index in [1.165, 1.54) is 7.11 Å². The molecule has 0 aliphatic carbocycles. The van der Waals surface area contributed by atoms with Gasteiger partial charge in [-0.3, -0.25) is 4.48 Å². The first-order valence-corrected chi connectivity index (χ1v) is 4.45. The molecule has 0 saturated heterocycles. The van der Waals surface area contributed by atoms with Crippen LogP contribution in [0.25, 0.3) is 0 Å². The van der Waals surface area contributed by atoms with E-state index in [9.17, 15) is 4.79 Å². The quantitative estimate of drug-likeness (QED) is 0.529. The highest BCUT2D eigenvalue weighted by Gasteiger charge is 2.14. The predicted molar refractivity (Wildman–Crippen MR) is 57.3 cm³/mol. The van der Waals surface area contributed by atoms with Crippen molar-refractivity contribution in [3.8, 4) is 0 Å². The molecule has 76 valence electrons. The molecule has 3 heteroatoms. The van der Waals surface area contributed by atoms with Crippen molar-refractivity contribution in [3.63, 3.8) is 0 Å². The van der Waals surface area contributed by atoms with Crippen LogP contribution in [0, 0.1) is 0 Å². The van der Waals surface area contributed by atoms with E-state index in [0.717, 1.165) is 5.69 Å². The third-order valence-electron chi connectivity index (χ3n) is 2.04. The minimum atomic E-state index is -0.291. The van der Waals surface area contributed by atoms with Gasteiger partial charge in [0.2, 0.25) is 0 Å². The molecule has 0 spiro atoms. The second kappa shape index (κ2) is 3.80. The van der Waals surface area contributed by atoms with E-state index in [2.05, 4.69) is 25.9 Å². The standard InChI is InChI=1S/C11H16NO2/c1-12(2,3)10-7-5-6-9(8-10)11(13)14-4/h5-8H,1-4H3/q+1. The van der Waals surface area contributed by atoms with Crippen molar-refractivity contribution in [1.82, 2.24) is 4.48 Å². The van der Waals surface area contributed by atoms with Gasteiger partial charge in [0.15, 0.2) is 0 Å². The maximum Gasteiger partial charge on any atom is 0.338 e. The molecule has 0 saturated carbocycles. The van der Waals surface area contributed by atoms with E-state index >= 15 is 0 Å². The van der Waals surface area contributed by atoms with Crippen molar-refractivity contribution in [2.24, 2.45) is 0 Å². The summed E-state index contributed by atoms with van der Waals surface area (Å²) in [6.07, 6.45) is 0. The number of esters is 1. The van der Waals surface area contributed by atoms with Crippen LogP contribution in [0.4, 0.5) is 5.69 Å². The van der Waals surface area contributed by atoms with Gasteiger partial charge in [-0.2, -0.15) is 0 Å². The van der Waals surface area contributed by atoms with Gasteiger partial charge in [-0.15, -0.1) is 0 Å². The van der Waals surface area contributed by atoms with Crippen molar-refractivity contribution < 1.29 is 9.53 Å². The Labute approximate surface area is 84.5 Å². The number of hydrogen-bond acceptors (Lipinski definition) is 2. The van der Waals surface area contributed by atoms with Gasteiger partial charge in [0, 0.05) is 6.07 Å². The topological polar surface area (TPSA) is 26.3 Å². The van der Waals surface area contributed by atoms with Crippen LogP contribution in [0.1, 0.15) is 10.4 Å². The summed E-state index contributed by atoms with van der Waals surface area (Å²) in [7, 11) is 7.55. The summed E-state index contributed by atoms with van der Waals surface area (Å²) in [5, 5.41) is 0. The van der Waals surface area contributed by atoms with Gasteiger partial charge >= 0.3 is 5.97 Å². The molecule has 14 heavy (non-hydrogen) atoms. The Morgan fingerprint density at radius 2 is 1.93 bits per heavy atom. The highest BCUT2D eigenvalue weighted by Crippen LogP contribution is 2.18. The molecule has 0 aliphatic heterocycles. The predicted octanol–water partition coefficient (Wildman–Crippen LogP) is 1.67. The van der Waals surface area contributed by atoms with Gasteiger partial charge in [0.1, 0.15) is 5.69 Å². The van der Waals surface area contributed by atoms with Gasteiger partial charge in [-0.05, 0) is 12.1 Å². The molecular formula is C11H16NO2+. The molecule has 0 unspecified atom stereocenters. The Bertz CT molecular complexity index is 339. The summed E-state index contributed by atoms with van der Waals surface area (Å²) >= 11 is 0. The summed E-state index contributed by atoms with van der Waals surface area (Å²) in [6, 6.07) is 7.47. The number of ether oxygens (including phenoxy) is 1. The molecule has 0 aromatic heterocycles. The Morgan fingerprint density at radius 1 is 1.29 bits per heavy atom. The molecular weight excluding hydrogens is 178 g/mol. The van der Waals surface area contributed by atoms with Gasteiger partial charge in [0.05, 0.1) is 33.8 Å². The lowest BCUT2D eigenvalue weighted by Crippen LogP contribution is -2.34. The first-order valence-electron chi connectivity index (χ1n) is 4.45. The van der Waals surface area contributed by atoms with E-state index in [1.54, 1.807) is 6.07 Å². The average molecular weight is 194 g/mol. The normalized spacial score (nSPS) is 11.1. The first-order chi connectivity index (χ1) is 6.45. The maximum absolute atomic E-state index is 11.3. The zero-order chi connectivity index (χ0) is 10.8. The molecule has 0 heterocycles. The molecule has 1 aromatic carbocycles. The van der Waals surface area contributed by atoms with Gasteiger partial charge < -0.3 is 4.74 Å². The van der Waals surface area contributed by atoms with Crippen molar-refractivity contribution in [2.75, 3.05) is 28.3 Å². The number of quaternary nitrogens is 1. The zero-order valence-electron chi connectivity index (χ0n) is 9.07. The SMILES string of the molecule is COC(=O)c1cccc([N+](C)(C)C)c1. The van der Waals surface area contributed by atoms with Crippen LogP contribution < -0.4 is 4.48 Å². The van der Waals surface area contributed by atoms with Gasteiger partial charge in [-0.25, -0.2) is 4.79 Å². The molecule has 1 rings (SSSR count). The summed E-state index contributed by atoms with van der Waals surface area (Å²) in [6.45, 7) is 0. The molecule has 0 bridgehead atoms. The molecule has 1 aromatic rings. The number of rotatable bonds is 2. The van der Waals surface area contributed by atoms with E-state index in [-0.39, 0.29) is 5.97 Å². The third-order valence-corrected chi connectivity index (χ3v) is 2.04. The number of methoxy groups -OCH3 is 1. The van der Waals surface area contributed by atoms with Crippen molar-refractivity contribution in [1.29, 1.82) is 0 Å². The third kappa shape index (κ3) is 2.33. The number of benzene rings is 1. The van der Waals surface area contributed by atoms with Crippen LogP contribution in [-0.4, -0.2) is 34.2 Å². The fourth-order valence-electron chi connectivity index (χ4n) is 1.17. The van der Waals surface area contributed by atoms with Crippen molar-refractivity contribution in [2.45, 2.75) is 0 Å². The Morgan fingerprint density at radius 3 is 2.43 bits per heavy atom. The molecule has 0 aliphatic rings. The highest BCUT2D eigenvalue weighted by atomic mass is 16.5. The van der Waals surface area contributed by atoms with E-state index in [1.807, 2.05) is 18.2 Å². The highest BCUT2D eigenvalue weighted by molar-refractivity contribution is 5.90. The summed E-state index contributed by atoms with van der Waals surface area (Å²) < 4.78 is 5.34. The number of carbonyl (C=O) groups is 1. The van der Waals surface area contributed by atoms with Crippen LogP contribution in [-0.2, 0) is 4.74 Å². The zero-order valence-corrected chi connectivity index (χ0v) is 9.07. The van der Waals surface area contributed by atoms with Crippen LogP contribution in [0.5, 0.6) is 0 Å². The molecule has 0 N–H and O–H groups in total. The van der Waals surface area contributed by atoms with Crippen LogP contribution >= 0.6 is 0 Å². The summed E-state index contributed by atoms with van der Waals surface area (Å²) in [4.78, 5) is 11.3. The van der Waals surface area contributed by atoms with Crippen LogP contribution in [0.3, 0.4) is 0 Å². The fourth-order valence-corrected chi connectivity index (χ4v) is 1.17. The van der Waals surface area contributed by atoms with Gasteiger partial charge in [-0.1, -0.05) is 6.07 Å². The molecule has 0 radical (unpaired) electrons. The van der Waals surface area contributed by atoms with E-state index in [4.69, 9.17) is 0 Å². The average Bonchev–Trinajstić information content (AvgIpc) is 2.15. The van der Waals surface area contributed by atoms with Gasteiger partial charge in [0.25, 0.3) is 0 Å². The number of hydrogen-bond donors (Lipinski definition) is 0. The Hall–Kier alpha value is -1.35. The number of carbonyl (C=O) groups excluding carboxylic acids is 1. The van der Waals surface area contributed by atoms with Crippen LogP contribution in [0.15, 0.2) is 24.3 Å². The second-order valence-electron chi connectivity index (χ2n) is 4.05. The Kier molecular flexibility index (Phi) is 2.91. The van der Waals surface area contributed by atoms with E-state index in [0.29, 0.717) is 10.0 Å². The summed E-state index contributed by atoms with van der Waals surface area (Å²) in [5.41, 5.74) is 1.67. The van der Waals surface area contributed by atoms with Crippen molar-refractivity contribution in [3.05, 3.63) is 29.8 Å². The summed E-state index contributed by atoms with van der Waals surface area (Å²) in [5.74, 6) is -0.291. The monoisotopic (exact) mass is 194 g/mol. The largest absolute Gasteiger partial charge is 0.465 e. The fraction of sp³-hybridized carbons (Fsp3) is 0.364. The number of nitrogens with zero attached hydrogens (tertiary/aromatic N) is 1. The second-order valence-corrected chi connectivity index (χ2v) is 4.05. The lowest BCUT2D eigenvalue weighted by Gasteiger charge is -2.23. The maximum atomic E-state index is 11.3. The molecule has 0 amide bonds. The minimum absolute atomic E-state index is 0.291. The lowest BCUT2D eigenvalue weighted by molar-refractivity contribution is 0.0600. The smallest absolute Gasteiger partial charge is 0.338 e. The molecule has 0 fully saturated rings. The Balaban J connectivity index is 3.08. The lowest BCUT2D eigenvalue weighted by atomic mass is 10.2. The van der Waals surface area contributed by atoms with E-state index < -0.39 is 0 Å². The minimum Gasteiger partial charge on any atom is -0.465 e. The first kappa shape index (κ1) is 10.7.